The summed E-state index contributed by atoms with van der Waals surface area (Å²) in [5.74, 6) is -0.0378. The van der Waals surface area contributed by atoms with Gasteiger partial charge in [0.25, 0.3) is 0 Å². The molecule has 0 aliphatic rings. The van der Waals surface area contributed by atoms with Gasteiger partial charge >= 0.3 is 5.97 Å². The van der Waals surface area contributed by atoms with Gasteiger partial charge in [0.15, 0.2) is 0 Å². The van der Waals surface area contributed by atoms with E-state index in [4.69, 9.17) is 27.9 Å². The Morgan fingerprint density at radius 1 is 1.06 bits per heavy atom. The minimum atomic E-state index is -0.411. The van der Waals surface area contributed by atoms with Crippen molar-refractivity contribution in [1.29, 1.82) is 0 Å². The average molecular weight is 281 g/mol. The molecule has 0 heterocycles. The third kappa shape index (κ3) is 2.84. The lowest BCUT2D eigenvalue weighted by atomic mass is 10.1. The van der Waals surface area contributed by atoms with Crippen molar-refractivity contribution in [3.8, 4) is 5.75 Å². The number of hydrogen-bond acceptors (Lipinski definition) is 2. The van der Waals surface area contributed by atoms with E-state index in [1.165, 1.54) is 6.07 Å². The number of ether oxygens (including phenoxy) is 1. The molecule has 2 rings (SSSR count). The van der Waals surface area contributed by atoms with Crippen LogP contribution in [0, 0.1) is 6.92 Å². The maximum Gasteiger partial charge on any atom is 0.343 e. The molecule has 2 aromatic rings. The van der Waals surface area contributed by atoms with Gasteiger partial charge in [0.2, 0.25) is 0 Å². The number of carbonyl (C=O) groups is 1. The third-order valence-electron chi connectivity index (χ3n) is 2.47. The molecule has 92 valence electrons. The topological polar surface area (TPSA) is 26.3 Å². The Bertz CT molecular complexity index is 594. The minimum absolute atomic E-state index is 0.353. The molecule has 2 aromatic carbocycles. The van der Waals surface area contributed by atoms with Gasteiger partial charge in [-0.2, -0.15) is 0 Å². The van der Waals surface area contributed by atoms with Crippen LogP contribution in [0.1, 0.15) is 15.9 Å². The van der Waals surface area contributed by atoms with Gasteiger partial charge in [0.05, 0.1) is 15.6 Å². The normalized spacial score (nSPS) is 10.2. The third-order valence-corrected chi connectivity index (χ3v) is 3.21. The van der Waals surface area contributed by atoms with Gasteiger partial charge in [-0.3, -0.25) is 0 Å². The van der Waals surface area contributed by atoms with Crippen molar-refractivity contribution in [3.63, 3.8) is 0 Å². The van der Waals surface area contributed by atoms with Crippen LogP contribution in [0.25, 0.3) is 0 Å². The monoisotopic (exact) mass is 280 g/mol. The number of esters is 1. The Kier molecular flexibility index (Phi) is 3.90. The van der Waals surface area contributed by atoms with E-state index in [0.717, 1.165) is 5.56 Å². The van der Waals surface area contributed by atoms with Crippen molar-refractivity contribution < 1.29 is 9.53 Å². The van der Waals surface area contributed by atoms with E-state index in [0.29, 0.717) is 21.4 Å². The molecule has 0 amide bonds. The zero-order chi connectivity index (χ0) is 13.1. The van der Waals surface area contributed by atoms with E-state index >= 15 is 0 Å². The van der Waals surface area contributed by atoms with Gasteiger partial charge in [0.1, 0.15) is 5.75 Å². The summed E-state index contributed by atoms with van der Waals surface area (Å²) < 4.78 is 5.24. The molecule has 0 radical (unpaired) electrons. The first-order valence-electron chi connectivity index (χ1n) is 5.31. The summed E-state index contributed by atoms with van der Waals surface area (Å²) in [5.41, 5.74) is 1.39. The molecule has 0 aliphatic heterocycles. The van der Waals surface area contributed by atoms with Crippen molar-refractivity contribution in [2.24, 2.45) is 0 Å². The van der Waals surface area contributed by atoms with E-state index in [1.807, 2.05) is 19.1 Å². The van der Waals surface area contributed by atoms with Crippen LogP contribution in [0.5, 0.6) is 5.75 Å². The molecular formula is C14H10Cl2O2. The summed E-state index contributed by atoms with van der Waals surface area (Å²) in [6.45, 7) is 1.85. The van der Waals surface area contributed by atoms with Crippen molar-refractivity contribution in [2.75, 3.05) is 0 Å². The predicted molar refractivity (Wildman–Crippen MR) is 72.6 cm³/mol. The average Bonchev–Trinajstić information content (AvgIpc) is 2.34. The second-order valence-electron chi connectivity index (χ2n) is 3.78. The van der Waals surface area contributed by atoms with E-state index < -0.39 is 5.97 Å². The molecular weight excluding hydrogens is 271 g/mol. The second-order valence-corrected chi connectivity index (χ2v) is 4.59. The molecule has 0 bridgehead atoms. The highest BCUT2D eigenvalue weighted by atomic mass is 35.5. The molecule has 0 unspecified atom stereocenters. The lowest BCUT2D eigenvalue weighted by Crippen LogP contribution is -2.09. The molecule has 0 spiro atoms. The maximum absolute atomic E-state index is 11.9. The highest BCUT2D eigenvalue weighted by Gasteiger charge is 2.11. The highest BCUT2D eigenvalue weighted by molar-refractivity contribution is 6.42. The van der Waals surface area contributed by atoms with Gasteiger partial charge < -0.3 is 4.74 Å². The first kappa shape index (κ1) is 12.9. The van der Waals surface area contributed by atoms with Gasteiger partial charge in [-0.15, -0.1) is 0 Å². The Morgan fingerprint density at radius 2 is 1.78 bits per heavy atom. The van der Waals surface area contributed by atoms with E-state index in [1.54, 1.807) is 24.3 Å². The van der Waals surface area contributed by atoms with Gasteiger partial charge in [-0.1, -0.05) is 41.4 Å². The summed E-state index contributed by atoms with van der Waals surface area (Å²) in [6, 6.07) is 11.9. The number of aryl methyl sites for hydroxylation is 1. The molecule has 2 nitrogen and oxygen atoms in total. The number of rotatable bonds is 2. The fourth-order valence-electron chi connectivity index (χ4n) is 1.50. The van der Waals surface area contributed by atoms with Gasteiger partial charge in [-0.25, -0.2) is 4.79 Å². The Morgan fingerprint density at radius 3 is 2.44 bits per heavy atom. The summed E-state index contributed by atoms with van der Waals surface area (Å²) >= 11 is 11.6. The Hall–Kier alpha value is -1.51. The quantitative estimate of drug-likeness (QED) is 0.597. The minimum Gasteiger partial charge on any atom is -0.423 e. The standard InChI is InChI=1S/C14H10Cl2O2/c1-9-4-2-3-5-11(9)14(17)18-10-6-7-12(15)13(16)8-10/h2-8H,1H3. The van der Waals surface area contributed by atoms with Crippen molar-refractivity contribution in [2.45, 2.75) is 6.92 Å². The Balaban J connectivity index is 2.22. The summed E-state index contributed by atoms with van der Waals surface area (Å²) in [6.07, 6.45) is 0. The fraction of sp³-hybridized carbons (Fsp3) is 0.0714. The second kappa shape index (κ2) is 5.42. The van der Waals surface area contributed by atoms with E-state index in [9.17, 15) is 4.79 Å². The number of carbonyl (C=O) groups excluding carboxylic acids is 1. The van der Waals surface area contributed by atoms with Crippen molar-refractivity contribution in [3.05, 3.63) is 63.6 Å². The molecule has 18 heavy (non-hydrogen) atoms. The zero-order valence-corrected chi connectivity index (χ0v) is 11.1. The molecule has 0 aliphatic carbocycles. The maximum atomic E-state index is 11.9. The van der Waals surface area contributed by atoms with Crippen LogP contribution in [0.2, 0.25) is 10.0 Å². The highest BCUT2D eigenvalue weighted by Crippen LogP contribution is 2.26. The van der Waals surface area contributed by atoms with Crippen LogP contribution in [-0.4, -0.2) is 5.97 Å². The molecule has 0 fully saturated rings. The summed E-state index contributed by atoms with van der Waals surface area (Å²) in [7, 11) is 0. The van der Waals surface area contributed by atoms with Gasteiger partial charge in [-0.05, 0) is 30.7 Å². The molecule has 4 heteroatoms. The first-order valence-corrected chi connectivity index (χ1v) is 6.06. The summed E-state index contributed by atoms with van der Waals surface area (Å²) in [5, 5.41) is 0.777. The number of benzene rings is 2. The predicted octanol–water partition coefficient (Wildman–Crippen LogP) is 4.52. The summed E-state index contributed by atoms with van der Waals surface area (Å²) in [4.78, 5) is 11.9. The zero-order valence-electron chi connectivity index (χ0n) is 9.61. The van der Waals surface area contributed by atoms with Crippen LogP contribution in [0.4, 0.5) is 0 Å². The van der Waals surface area contributed by atoms with Crippen molar-refractivity contribution >= 4 is 29.2 Å². The van der Waals surface area contributed by atoms with Crippen LogP contribution < -0.4 is 4.74 Å². The van der Waals surface area contributed by atoms with Crippen LogP contribution in [0.3, 0.4) is 0 Å². The number of hydrogen-bond donors (Lipinski definition) is 0. The van der Waals surface area contributed by atoms with Crippen LogP contribution in [-0.2, 0) is 0 Å². The lowest BCUT2D eigenvalue weighted by molar-refractivity contribution is 0.0734. The molecule has 0 aromatic heterocycles. The Labute approximate surface area is 115 Å². The first-order chi connectivity index (χ1) is 8.58. The largest absolute Gasteiger partial charge is 0.423 e. The van der Waals surface area contributed by atoms with Gasteiger partial charge in [0, 0.05) is 6.07 Å². The molecule has 0 saturated carbocycles. The van der Waals surface area contributed by atoms with Crippen LogP contribution in [0.15, 0.2) is 42.5 Å². The van der Waals surface area contributed by atoms with E-state index in [-0.39, 0.29) is 0 Å². The molecule has 0 atom stereocenters. The van der Waals surface area contributed by atoms with E-state index in [2.05, 4.69) is 0 Å². The number of halogens is 2. The SMILES string of the molecule is Cc1ccccc1C(=O)Oc1ccc(Cl)c(Cl)c1. The van der Waals surface area contributed by atoms with Crippen LogP contribution >= 0.6 is 23.2 Å². The lowest BCUT2D eigenvalue weighted by Gasteiger charge is -2.07. The molecule has 0 saturated heterocycles. The smallest absolute Gasteiger partial charge is 0.343 e. The van der Waals surface area contributed by atoms with Crippen molar-refractivity contribution in [1.82, 2.24) is 0 Å². The fourth-order valence-corrected chi connectivity index (χ4v) is 1.79. The molecule has 0 N–H and O–H groups in total.